The molecular weight excluding hydrogens is 182 g/mol. The van der Waals surface area contributed by atoms with Crippen LogP contribution in [0.2, 0.25) is 5.02 Å². The Hall–Kier alpha value is -0.690. The van der Waals surface area contributed by atoms with Gasteiger partial charge in [-0.1, -0.05) is 37.6 Å². The average molecular weight is 196 g/mol. The van der Waals surface area contributed by atoms with Crippen molar-refractivity contribution in [2.45, 2.75) is 26.2 Å². The standard InChI is InChI=1S/C11H14ClN/c1-7-4-5-8-10(9(7)12)13-6-11(8,2)3/h4-5,13H,6H2,1-3H3. The van der Waals surface area contributed by atoms with Gasteiger partial charge < -0.3 is 5.32 Å². The molecule has 1 aromatic carbocycles. The number of benzene rings is 1. The molecule has 1 aromatic rings. The van der Waals surface area contributed by atoms with E-state index in [2.05, 4.69) is 31.3 Å². The van der Waals surface area contributed by atoms with E-state index in [4.69, 9.17) is 11.6 Å². The Kier molecular flexibility index (Phi) is 1.81. The van der Waals surface area contributed by atoms with E-state index in [1.165, 1.54) is 5.56 Å². The lowest BCUT2D eigenvalue weighted by Crippen LogP contribution is -2.18. The molecule has 2 heteroatoms. The van der Waals surface area contributed by atoms with Gasteiger partial charge in [-0.05, 0) is 18.1 Å². The molecule has 1 aliphatic heterocycles. The van der Waals surface area contributed by atoms with Crippen LogP contribution in [-0.4, -0.2) is 6.54 Å². The van der Waals surface area contributed by atoms with Crippen molar-refractivity contribution in [3.63, 3.8) is 0 Å². The molecule has 70 valence electrons. The minimum Gasteiger partial charge on any atom is -0.383 e. The third kappa shape index (κ3) is 1.22. The lowest BCUT2D eigenvalue weighted by Gasteiger charge is -2.17. The highest BCUT2D eigenvalue weighted by Crippen LogP contribution is 2.41. The summed E-state index contributed by atoms with van der Waals surface area (Å²) in [7, 11) is 0. The number of fused-ring (bicyclic) bond motifs is 1. The molecule has 0 bridgehead atoms. The molecule has 0 atom stereocenters. The summed E-state index contributed by atoms with van der Waals surface area (Å²) in [5.74, 6) is 0. The average Bonchev–Trinajstić information content (AvgIpc) is 2.35. The van der Waals surface area contributed by atoms with Gasteiger partial charge in [0, 0.05) is 12.0 Å². The molecule has 0 unspecified atom stereocenters. The Morgan fingerprint density at radius 2 is 2.08 bits per heavy atom. The molecule has 1 nitrogen and oxygen atoms in total. The van der Waals surface area contributed by atoms with Gasteiger partial charge in [0.2, 0.25) is 0 Å². The zero-order chi connectivity index (χ0) is 9.64. The molecule has 1 heterocycles. The van der Waals surface area contributed by atoms with E-state index in [-0.39, 0.29) is 5.41 Å². The van der Waals surface area contributed by atoms with Gasteiger partial charge in [-0.3, -0.25) is 0 Å². The fourth-order valence-corrected chi connectivity index (χ4v) is 2.05. The van der Waals surface area contributed by atoms with Crippen LogP contribution in [0.5, 0.6) is 0 Å². The fraction of sp³-hybridized carbons (Fsp3) is 0.455. The van der Waals surface area contributed by atoms with E-state index in [1.54, 1.807) is 0 Å². The lowest BCUT2D eigenvalue weighted by atomic mass is 9.87. The summed E-state index contributed by atoms with van der Waals surface area (Å²) < 4.78 is 0. The fourth-order valence-electron chi connectivity index (χ4n) is 1.82. The molecule has 0 radical (unpaired) electrons. The van der Waals surface area contributed by atoms with Gasteiger partial charge in [0.25, 0.3) is 0 Å². The van der Waals surface area contributed by atoms with Crippen molar-refractivity contribution in [2.75, 3.05) is 11.9 Å². The number of hydrogen-bond donors (Lipinski definition) is 1. The summed E-state index contributed by atoms with van der Waals surface area (Å²) in [5, 5.41) is 4.25. The maximum absolute atomic E-state index is 6.20. The van der Waals surface area contributed by atoms with Crippen LogP contribution < -0.4 is 5.32 Å². The van der Waals surface area contributed by atoms with Gasteiger partial charge in [0.1, 0.15) is 0 Å². The number of halogens is 1. The predicted octanol–water partition coefficient (Wildman–Crippen LogP) is 3.35. The van der Waals surface area contributed by atoms with Crippen molar-refractivity contribution < 1.29 is 0 Å². The zero-order valence-electron chi connectivity index (χ0n) is 8.24. The maximum atomic E-state index is 6.20. The summed E-state index contributed by atoms with van der Waals surface area (Å²) in [6.45, 7) is 7.48. The summed E-state index contributed by atoms with van der Waals surface area (Å²) in [6, 6.07) is 4.27. The molecule has 0 saturated carbocycles. The smallest absolute Gasteiger partial charge is 0.0669 e. The van der Waals surface area contributed by atoms with E-state index >= 15 is 0 Å². The number of rotatable bonds is 0. The number of anilines is 1. The van der Waals surface area contributed by atoms with Crippen molar-refractivity contribution >= 4 is 17.3 Å². The van der Waals surface area contributed by atoms with Crippen molar-refractivity contribution in [3.05, 3.63) is 28.3 Å². The van der Waals surface area contributed by atoms with Crippen LogP contribution in [0.3, 0.4) is 0 Å². The van der Waals surface area contributed by atoms with Crippen LogP contribution in [0.4, 0.5) is 5.69 Å². The first kappa shape index (κ1) is 8.89. The normalized spacial score (nSPS) is 18.2. The van der Waals surface area contributed by atoms with Crippen LogP contribution in [-0.2, 0) is 5.41 Å². The molecule has 0 spiro atoms. The predicted molar refractivity (Wildman–Crippen MR) is 57.7 cm³/mol. The highest BCUT2D eigenvalue weighted by atomic mass is 35.5. The molecule has 13 heavy (non-hydrogen) atoms. The Bertz CT molecular complexity index is 355. The third-order valence-corrected chi connectivity index (χ3v) is 3.26. The molecule has 1 N–H and O–H groups in total. The van der Waals surface area contributed by atoms with E-state index in [1.807, 2.05) is 6.92 Å². The van der Waals surface area contributed by atoms with E-state index in [0.29, 0.717) is 0 Å². The van der Waals surface area contributed by atoms with Crippen molar-refractivity contribution in [2.24, 2.45) is 0 Å². The Balaban J connectivity index is 2.64. The molecule has 0 saturated heterocycles. The van der Waals surface area contributed by atoms with Gasteiger partial charge in [-0.25, -0.2) is 0 Å². The van der Waals surface area contributed by atoms with Gasteiger partial charge >= 0.3 is 0 Å². The van der Waals surface area contributed by atoms with Crippen molar-refractivity contribution in [1.29, 1.82) is 0 Å². The Morgan fingerprint density at radius 1 is 1.38 bits per heavy atom. The van der Waals surface area contributed by atoms with Crippen LogP contribution in [0.1, 0.15) is 25.0 Å². The molecule has 0 aromatic heterocycles. The van der Waals surface area contributed by atoms with Crippen LogP contribution in [0.25, 0.3) is 0 Å². The Labute approximate surface area is 84.1 Å². The van der Waals surface area contributed by atoms with Crippen molar-refractivity contribution in [3.8, 4) is 0 Å². The SMILES string of the molecule is Cc1ccc2c(c1Cl)NCC2(C)C. The summed E-state index contributed by atoms with van der Waals surface area (Å²) >= 11 is 6.20. The lowest BCUT2D eigenvalue weighted by molar-refractivity contribution is 0.586. The summed E-state index contributed by atoms with van der Waals surface area (Å²) in [6.07, 6.45) is 0. The topological polar surface area (TPSA) is 12.0 Å². The second-order valence-corrected chi connectivity index (χ2v) is 4.73. The highest BCUT2D eigenvalue weighted by molar-refractivity contribution is 6.34. The first-order valence-electron chi connectivity index (χ1n) is 4.56. The molecule has 1 aliphatic rings. The van der Waals surface area contributed by atoms with Gasteiger partial charge in [-0.2, -0.15) is 0 Å². The monoisotopic (exact) mass is 195 g/mol. The molecule has 0 amide bonds. The second-order valence-electron chi connectivity index (χ2n) is 4.36. The number of aryl methyl sites for hydroxylation is 1. The minimum absolute atomic E-state index is 0.215. The first-order chi connectivity index (χ1) is 6.02. The third-order valence-electron chi connectivity index (χ3n) is 2.77. The molecule has 0 aliphatic carbocycles. The quantitative estimate of drug-likeness (QED) is 0.670. The van der Waals surface area contributed by atoms with E-state index in [9.17, 15) is 0 Å². The second kappa shape index (κ2) is 2.65. The number of nitrogens with one attached hydrogen (secondary N) is 1. The summed E-state index contributed by atoms with van der Waals surface area (Å²) in [4.78, 5) is 0. The van der Waals surface area contributed by atoms with E-state index in [0.717, 1.165) is 22.8 Å². The first-order valence-corrected chi connectivity index (χ1v) is 4.93. The van der Waals surface area contributed by atoms with Gasteiger partial charge in [0.05, 0.1) is 10.7 Å². The van der Waals surface area contributed by atoms with Gasteiger partial charge in [0.15, 0.2) is 0 Å². The Morgan fingerprint density at radius 3 is 2.77 bits per heavy atom. The number of hydrogen-bond acceptors (Lipinski definition) is 1. The minimum atomic E-state index is 0.215. The maximum Gasteiger partial charge on any atom is 0.0669 e. The summed E-state index contributed by atoms with van der Waals surface area (Å²) in [5.41, 5.74) is 3.83. The van der Waals surface area contributed by atoms with Crippen LogP contribution >= 0.6 is 11.6 Å². The van der Waals surface area contributed by atoms with Gasteiger partial charge in [-0.15, -0.1) is 0 Å². The van der Waals surface area contributed by atoms with E-state index < -0.39 is 0 Å². The molecular formula is C11H14ClN. The zero-order valence-corrected chi connectivity index (χ0v) is 9.00. The van der Waals surface area contributed by atoms with Crippen molar-refractivity contribution in [1.82, 2.24) is 0 Å². The molecule has 0 fully saturated rings. The van der Waals surface area contributed by atoms with Crippen LogP contribution in [0.15, 0.2) is 12.1 Å². The highest BCUT2D eigenvalue weighted by Gasteiger charge is 2.31. The van der Waals surface area contributed by atoms with Crippen LogP contribution in [0, 0.1) is 6.92 Å². The largest absolute Gasteiger partial charge is 0.383 e. The molecule has 2 rings (SSSR count).